The van der Waals surface area contributed by atoms with Crippen LogP contribution in [0.3, 0.4) is 0 Å². The quantitative estimate of drug-likeness (QED) is 0.847. The van der Waals surface area contributed by atoms with Crippen LogP contribution in [0.4, 0.5) is 0 Å². The highest BCUT2D eigenvalue weighted by Gasteiger charge is 2.26. The van der Waals surface area contributed by atoms with Crippen LogP contribution in [0.25, 0.3) is 10.2 Å². The standard InChI is InChI=1S/C14H18N2O3S2/c1-3-11-9(2)20-13-12(11)14(17)16(8-15-13)10-4-6-21(18,19)7-5-10/h8,10H,3-7H2,1-2H3. The zero-order valence-electron chi connectivity index (χ0n) is 12.1. The number of hydrogen-bond donors (Lipinski definition) is 0. The SMILES string of the molecule is CCc1c(C)sc2ncn(C3CCS(=O)(=O)CC3)c(=O)c12. The minimum atomic E-state index is -2.92. The maximum Gasteiger partial charge on any atom is 0.262 e. The van der Waals surface area contributed by atoms with E-state index < -0.39 is 9.84 Å². The first-order chi connectivity index (χ1) is 9.93. The van der Waals surface area contributed by atoms with E-state index >= 15 is 0 Å². The predicted molar refractivity (Wildman–Crippen MR) is 84.9 cm³/mol. The highest BCUT2D eigenvalue weighted by Crippen LogP contribution is 2.28. The van der Waals surface area contributed by atoms with E-state index in [1.54, 1.807) is 22.2 Å². The van der Waals surface area contributed by atoms with E-state index in [4.69, 9.17) is 0 Å². The van der Waals surface area contributed by atoms with Crippen molar-refractivity contribution in [3.63, 3.8) is 0 Å². The second-order valence-corrected chi connectivity index (χ2v) is 9.02. The van der Waals surface area contributed by atoms with Crippen LogP contribution in [0.2, 0.25) is 0 Å². The minimum absolute atomic E-state index is 0.0227. The van der Waals surface area contributed by atoms with Crippen molar-refractivity contribution in [2.24, 2.45) is 0 Å². The van der Waals surface area contributed by atoms with Crippen LogP contribution in [0.5, 0.6) is 0 Å². The molecule has 5 nitrogen and oxygen atoms in total. The molecule has 0 N–H and O–H groups in total. The Kier molecular flexibility index (Phi) is 3.65. The summed E-state index contributed by atoms with van der Waals surface area (Å²) in [5, 5.41) is 0.718. The summed E-state index contributed by atoms with van der Waals surface area (Å²) >= 11 is 1.55. The Balaban J connectivity index is 2.09. The van der Waals surface area contributed by atoms with Crippen molar-refractivity contribution in [3.05, 3.63) is 27.1 Å². The third kappa shape index (κ3) is 2.53. The summed E-state index contributed by atoms with van der Waals surface area (Å²) in [6.45, 7) is 4.06. The number of fused-ring (bicyclic) bond motifs is 1. The van der Waals surface area contributed by atoms with E-state index in [0.29, 0.717) is 12.8 Å². The van der Waals surface area contributed by atoms with E-state index in [0.717, 1.165) is 27.1 Å². The van der Waals surface area contributed by atoms with Gasteiger partial charge in [0.15, 0.2) is 0 Å². The van der Waals surface area contributed by atoms with Gasteiger partial charge in [0.2, 0.25) is 0 Å². The van der Waals surface area contributed by atoms with Gasteiger partial charge in [-0.05, 0) is 31.7 Å². The van der Waals surface area contributed by atoms with E-state index in [2.05, 4.69) is 4.98 Å². The molecule has 7 heteroatoms. The Morgan fingerprint density at radius 2 is 2.05 bits per heavy atom. The smallest absolute Gasteiger partial charge is 0.262 e. The molecule has 0 bridgehead atoms. The fraction of sp³-hybridized carbons (Fsp3) is 0.571. The van der Waals surface area contributed by atoms with Crippen LogP contribution in [0, 0.1) is 6.92 Å². The summed E-state index contributed by atoms with van der Waals surface area (Å²) in [5.74, 6) is 0.316. The van der Waals surface area contributed by atoms with Gasteiger partial charge in [-0.3, -0.25) is 9.36 Å². The van der Waals surface area contributed by atoms with E-state index in [-0.39, 0.29) is 23.1 Å². The number of aromatic nitrogens is 2. The molecule has 3 heterocycles. The van der Waals surface area contributed by atoms with Crippen LogP contribution in [-0.4, -0.2) is 29.5 Å². The lowest BCUT2D eigenvalue weighted by Gasteiger charge is -2.23. The van der Waals surface area contributed by atoms with Crippen LogP contribution in [-0.2, 0) is 16.3 Å². The second kappa shape index (κ2) is 5.21. The monoisotopic (exact) mass is 326 g/mol. The van der Waals surface area contributed by atoms with Gasteiger partial charge in [0.1, 0.15) is 14.7 Å². The molecule has 21 heavy (non-hydrogen) atoms. The Morgan fingerprint density at radius 3 is 2.67 bits per heavy atom. The Hall–Kier alpha value is -1.21. The van der Waals surface area contributed by atoms with Crippen molar-refractivity contribution in [3.8, 4) is 0 Å². The second-order valence-electron chi connectivity index (χ2n) is 5.51. The fourth-order valence-corrected chi connectivity index (χ4v) is 5.55. The maximum absolute atomic E-state index is 12.8. The normalized spacial score (nSPS) is 19.1. The average Bonchev–Trinajstić information content (AvgIpc) is 2.76. The molecule has 2 aromatic rings. The van der Waals surface area contributed by atoms with Gasteiger partial charge < -0.3 is 0 Å². The van der Waals surface area contributed by atoms with Crippen molar-refractivity contribution in [2.75, 3.05) is 11.5 Å². The Bertz CT molecular complexity index is 835. The maximum atomic E-state index is 12.8. The number of sulfone groups is 1. The molecule has 0 aliphatic carbocycles. The van der Waals surface area contributed by atoms with Gasteiger partial charge in [0.05, 0.1) is 23.2 Å². The number of hydrogen-bond acceptors (Lipinski definition) is 5. The van der Waals surface area contributed by atoms with Gasteiger partial charge in [0, 0.05) is 10.9 Å². The fourth-order valence-electron chi connectivity index (χ4n) is 3.01. The average molecular weight is 326 g/mol. The molecule has 0 amide bonds. The van der Waals surface area contributed by atoms with Gasteiger partial charge in [-0.25, -0.2) is 13.4 Å². The molecule has 0 saturated carbocycles. The zero-order valence-corrected chi connectivity index (χ0v) is 13.8. The number of nitrogens with zero attached hydrogens (tertiary/aromatic N) is 2. The summed E-state index contributed by atoms with van der Waals surface area (Å²) in [7, 11) is -2.92. The van der Waals surface area contributed by atoms with Crippen molar-refractivity contribution in [2.45, 2.75) is 39.2 Å². The van der Waals surface area contributed by atoms with E-state index in [9.17, 15) is 13.2 Å². The number of aryl methyl sites for hydroxylation is 2. The number of thiophene rings is 1. The summed E-state index contributed by atoms with van der Waals surface area (Å²) in [5.41, 5.74) is 1.05. The first-order valence-electron chi connectivity index (χ1n) is 7.12. The highest BCUT2D eigenvalue weighted by atomic mass is 32.2. The van der Waals surface area contributed by atoms with Crippen LogP contribution < -0.4 is 5.56 Å². The van der Waals surface area contributed by atoms with Gasteiger partial charge in [-0.1, -0.05) is 6.92 Å². The van der Waals surface area contributed by atoms with Crippen LogP contribution >= 0.6 is 11.3 Å². The molecule has 0 radical (unpaired) electrons. The molecule has 1 aliphatic rings. The molecule has 0 aromatic carbocycles. The molecule has 1 fully saturated rings. The zero-order chi connectivity index (χ0) is 15.2. The molecule has 2 aromatic heterocycles. The van der Waals surface area contributed by atoms with Crippen molar-refractivity contribution < 1.29 is 8.42 Å². The summed E-state index contributed by atoms with van der Waals surface area (Å²) in [6.07, 6.45) is 3.40. The van der Waals surface area contributed by atoms with Crippen molar-refractivity contribution in [1.29, 1.82) is 0 Å². The molecule has 114 valence electrons. The third-order valence-corrected chi connectivity index (χ3v) is 6.98. The molecular formula is C14H18N2O3S2. The molecule has 0 spiro atoms. The minimum Gasteiger partial charge on any atom is -0.295 e. The van der Waals surface area contributed by atoms with Gasteiger partial charge >= 0.3 is 0 Å². The lowest BCUT2D eigenvalue weighted by atomic mass is 10.1. The lowest BCUT2D eigenvalue weighted by Crippen LogP contribution is -2.32. The van der Waals surface area contributed by atoms with E-state index in [1.165, 1.54) is 0 Å². The lowest BCUT2D eigenvalue weighted by molar-refractivity contribution is 0.437. The molecule has 0 atom stereocenters. The van der Waals surface area contributed by atoms with E-state index in [1.807, 2.05) is 13.8 Å². The molecule has 1 aliphatic heterocycles. The summed E-state index contributed by atoms with van der Waals surface area (Å²) in [6, 6.07) is -0.0529. The molecule has 3 rings (SSSR count). The first kappa shape index (κ1) is 14.7. The molecule has 1 saturated heterocycles. The van der Waals surface area contributed by atoms with Gasteiger partial charge in [0.25, 0.3) is 5.56 Å². The van der Waals surface area contributed by atoms with Crippen LogP contribution in [0.1, 0.15) is 36.2 Å². The third-order valence-electron chi connectivity index (χ3n) is 4.21. The van der Waals surface area contributed by atoms with Gasteiger partial charge in [-0.15, -0.1) is 11.3 Å². The van der Waals surface area contributed by atoms with Crippen molar-refractivity contribution >= 4 is 31.4 Å². The largest absolute Gasteiger partial charge is 0.295 e. The van der Waals surface area contributed by atoms with Crippen LogP contribution in [0.15, 0.2) is 11.1 Å². The van der Waals surface area contributed by atoms with Crippen molar-refractivity contribution in [1.82, 2.24) is 9.55 Å². The number of rotatable bonds is 2. The van der Waals surface area contributed by atoms with Gasteiger partial charge in [-0.2, -0.15) is 0 Å². The molecular weight excluding hydrogens is 308 g/mol. The Morgan fingerprint density at radius 1 is 1.38 bits per heavy atom. The first-order valence-corrected chi connectivity index (χ1v) is 9.76. The highest BCUT2D eigenvalue weighted by molar-refractivity contribution is 7.91. The predicted octanol–water partition coefficient (Wildman–Crippen LogP) is 2.08. The summed E-state index contributed by atoms with van der Waals surface area (Å²) in [4.78, 5) is 19.1. The summed E-state index contributed by atoms with van der Waals surface area (Å²) < 4.78 is 24.7. The topological polar surface area (TPSA) is 69.0 Å². The molecule has 0 unspecified atom stereocenters. The Labute approximate surface area is 127 Å².